The first-order valence-corrected chi connectivity index (χ1v) is 8.38. The largest absolute Gasteiger partial charge is 0.342 e. The van der Waals surface area contributed by atoms with Gasteiger partial charge in [-0.05, 0) is 48.9 Å². The average Bonchev–Trinajstić information content (AvgIpc) is 3.11. The van der Waals surface area contributed by atoms with Crippen LogP contribution in [0, 0.1) is 5.92 Å². The normalized spacial score (nSPS) is 20.3. The van der Waals surface area contributed by atoms with Crippen LogP contribution >= 0.6 is 0 Å². The lowest BCUT2D eigenvalue weighted by Crippen LogP contribution is -2.29. The van der Waals surface area contributed by atoms with Crippen LogP contribution in [0.1, 0.15) is 43.7 Å². The Balaban J connectivity index is 1.59. The summed E-state index contributed by atoms with van der Waals surface area (Å²) in [6, 6.07) is 6.19. The number of benzene rings is 1. The van der Waals surface area contributed by atoms with Crippen LogP contribution in [-0.4, -0.2) is 29.8 Å². The van der Waals surface area contributed by atoms with Crippen molar-refractivity contribution in [2.24, 2.45) is 5.92 Å². The summed E-state index contributed by atoms with van der Waals surface area (Å²) >= 11 is 0. The molecule has 22 heavy (non-hydrogen) atoms. The van der Waals surface area contributed by atoms with Crippen molar-refractivity contribution < 1.29 is 9.59 Å². The number of aryl methyl sites for hydroxylation is 2. The van der Waals surface area contributed by atoms with E-state index in [4.69, 9.17) is 0 Å². The molecular weight excluding hydrogens is 276 g/mol. The van der Waals surface area contributed by atoms with Gasteiger partial charge in [0, 0.05) is 25.2 Å². The van der Waals surface area contributed by atoms with E-state index in [0.29, 0.717) is 13.0 Å². The lowest BCUT2D eigenvalue weighted by atomic mass is 10.1. The Morgan fingerprint density at radius 1 is 1.32 bits per heavy atom. The quantitative estimate of drug-likeness (QED) is 0.909. The molecule has 0 radical (unpaired) electrons. The van der Waals surface area contributed by atoms with E-state index >= 15 is 0 Å². The summed E-state index contributed by atoms with van der Waals surface area (Å²) in [6.45, 7) is 3.45. The first-order chi connectivity index (χ1) is 10.7. The van der Waals surface area contributed by atoms with Crippen molar-refractivity contribution in [3.8, 4) is 0 Å². The Morgan fingerprint density at radius 3 is 2.95 bits per heavy atom. The van der Waals surface area contributed by atoms with Crippen LogP contribution in [0.5, 0.6) is 0 Å². The minimum Gasteiger partial charge on any atom is -0.342 e. The molecule has 1 aromatic carbocycles. The zero-order chi connectivity index (χ0) is 15.5. The number of nitrogens with one attached hydrogen (secondary N) is 1. The van der Waals surface area contributed by atoms with Gasteiger partial charge >= 0.3 is 0 Å². The van der Waals surface area contributed by atoms with Crippen molar-refractivity contribution in [3.05, 3.63) is 29.3 Å². The predicted octanol–water partition coefficient (Wildman–Crippen LogP) is 2.76. The molecule has 0 aromatic heterocycles. The van der Waals surface area contributed by atoms with Crippen molar-refractivity contribution in [2.45, 2.75) is 45.4 Å². The van der Waals surface area contributed by atoms with Gasteiger partial charge in [0.2, 0.25) is 11.8 Å². The highest BCUT2D eigenvalue weighted by molar-refractivity contribution is 5.97. The van der Waals surface area contributed by atoms with E-state index in [1.165, 1.54) is 17.5 Å². The number of rotatable bonds is 5. The third-order valence-electron chi connectivity index (χ3n) is 4.73. The van der Waals surface area contributed by atoms with Crippen LogP contribution in [-0.2, 0) is 22.4 Å². The number of fused-ring (bicyclic) bond motifs is 1. The molecule has 0 spiro atoms. The first kappa shape index (κ1) is 15.1. The molecule has 1 atom stereocenters. The minimum atomic E-state index is -0.211. The van der Waals surface area contributed by atoms with Crippen LogP contribution in [0.15, 0.2) is 18.2 Å². The number of likely N-dealkylation sites (tertiary alicyclic amines) is 1. The summed E-state index contributed by atoms with van der Waals surface area (Å²) in [5.74, 6) is -0.120. The fraction of sp³-hybridized carbons (Fsp3) is 0.556. The van der Waals surface area contributed by atoms with Crippen LogP contribution in [0.4, 0.5) is 5.69 Å². The van der Waals surface area contributed by atoms with Crippen molar-refractivity contribution >= 4 is 17.5 Å². The van der Waals surface area contributed by atoms with E-state index in [9.17, 15) is 9.59 Å². The summed E-state index contributed by atoms with van der Waals surface area (Å²) in [6.07, 6.45) is 5.87. The van der Waals surface area contributed by atoms with E-state index in [0.717, 1.165) is 37.9 Å². The van der Waals surface area contributed by atoms with Gasteiger partial charge < -0.3 is 10.2 Å². The van der Waals surface area contributed by atoms with Crippen molar-refractivity contribution in [3.63, 3.8) is 0 Å². The summed E-state index contributed by atoms with van der Waals surface area (Å²) in [5, 5.41) is 2.99. The van der Waals surface area contributed by atoms with Gasteiger partial charge in [-0.3, -0.25) is 9.59 Å². The molecule has 0 unspecified atom stereocenters. The molecule has 1 aromatic rings. The van der Waals surface area contributed by atoms with E-state index in [-0.39, 0.29) is 17.7 Å². The van der Waals surface area contributed by atoms with Crippen LogP contribution in [0.2, 0.25) is 0 Å². The molecule has 1 heterocycles. The Kier molecular flexibility index (Phi) is 4.46. The SMILES string of the molecule is CCCCN1C[C@@H](C(=O)Nc2ccc3c(c2)CCC3)CC1=O. The molecule has 2 amide bonds. The predicted molar refractivity (Wildman–Crippen MR) is 86.7 cm³/mol. The van der Waals surface area contributed by atoms with Crippen molar-refractivity contribution in [1.29, 1.82) is 0 Å². The van der Waals surface area contributed by atoms with Gasteiger partial charge in [-0.2, -0.15) is 0 Å². The Hall–Kier alpha value is -1.84. The summed E-state index contributed by atoms with van der Waals surface area (Å²) in [5.41, 5.74) is 3.62. The topological polar surface area (TPSA) is 49.4 Å². The van der Waals surface area contributed by atoms with E-state index < -0.39 is 0 Å². The van der Waals surface area contributed by atoms with Crippen LogP contribution in [0.25, 0.3) is 0 Å². The molecule has 1 aliphatic carbocycles. The number of unbranched alkanes of at least 4 members (excludes halogenated alkanes) is 1. The maximum absolute atomic E-state index is 12.4. The van der Waals surface area contributed by atoms with Crippen LogP contribution < -0.4 is 5.32 Å². The molecule has 1 aliphatic heterocycles. The molecule has 0 bridgehead atoms. The number of nitrogens with zero attached hydrogens (tertiary/aromatic N) is 1. The van der Waals surface area contributed by atoms with Gasteiger partial charge in [0.25, 0.3) is 0 Å². The zero-order valence-electron chi connectivity index (χ0n) is 13.2. The highest BCUT2D eigenvalue weighted by atomic mass is 16.2. The Morgan fingerprint density at radius 2 is 2.14 bits per heavy atom. The number of anilines is 1. The van der Waals surface area contributed by atoms with Gasteiger partial charge in [0.15, 0.2) is 0 Å². The Labute approximate surface area is 131 Å². The third kappa shape index (κ3) is 3.16. The number of hydrogen-bond donors (Lipinski definition) is 1. The highest BCUT2D eigenvalue weighted by Crippen LogP contribution is 2.26. The van der Waals surface area contributed by atoms with Crippen LogP contribution in [0.3, 0.4) is 0 Å². The first-order valence-electron chi connectivity index (χ1n) is 8.38. The molecule has 0 saturated carbocycles. The fourth-order valence-electron chi connectivity index (χ4n) is 3.41. The van der Waals surface area contributed by atoms with Gasteiger partial charge in [0.05, 0.1) is 5.92 Å². The molecular formula is C18H24N2O2. The van der Waals surface area contributed by atoms with E-state index in [1.54, 1.807) is 0 Å². The number of hydrogen-bond acceptors (Lipinski definition) is 2. The summed E-state index contributed by atoms with van der Waals surface area (Å²) in [4.78, 5) is 26.2. The molecule has 1 saturated heterocycles. The smallest absolute Gasteiger partial charge is 0.229 e. The lowest BCUT2D eigenvalue weighted by molar-refractivity contribution is -0.128. The van der Waals surface area contributed by atoms with Crippen molar-refractivity contribution in [1.82, 2.24) is 4.90 Å². The molecule has 3 rings (SSSR count). The molecule has 1 N–H and O–H groups in total. The average molecular weight is 300 g/mol. The van der Waals surface area contributed by atoms with E-state index in [1.807, 2.05) is 11.0 Å². The number of carbonyl (C=O) groups is 2. The van der Waals surface area contributed by atoms with Gasteiger partial charge in [-0.1, -0.05) is 19.4 Å². The highest BCUT2D eigenvalue weighted by Gasteiger charge is 2.33. The lowest BCUT2D eigenvalue weighted by Gasteiger charge is -2.16. The summed E-state index contributed by atoms with van der Waals surface area (Å²) in [7, 11) is 0. The molecule has 118 valence electrons. The minimum absolute atomic E-state index is 0.0229. The molecule has 4 nitrogen and oxygen atoms in total. The third-order valence-corrected chi connectivity index (χ3v) is 4.73. The second kappa shape index (κ2) is 6.51. The molecule has 2 aliphatic rings. The van der Waals surface area contributed by atoms with Gasteiger partial charge in [0.1, 0.15) is 0 Å². The molecule has 1 fully saturated rings. The monoisotopic (exact) mass is 300 g/mol. The maximum atomic E-state index is 12.4. The summed E-state index contributed by atoms with van der Waals surface area (Å²) < 4.78 is 0. The van der Waals surface area contributed by atoms with Gasteiger partial charge in [-0.25, -0.2) is 0 Å². The van der Waals surface area contributed by atoms with Crippen molar-refractivity contribution in [2.75, 3.05) is 18.4 Å². The fourth-order valence-corrected chi connectivity index (χ4v) is 3.41. The number of carbonyl (C=O) groups excluding carboxylic acids is 2. The zero-order valence-corrected chi connectivity index (χ0v) is 13.2. The molecule has 4 heteroatoms. The second-order valence-corrected chi connectivity index (χ2v) is 6.42. The standard InChI is InChI=1S/C18H24N2O2/c1-2-3-9-20-12-15(11-17(20)21)18(22)19-16-8-7-13-5-4-6-14(13)10-16/h7-8,10,15H,2-6,9,11-12H2,1H3,(H,19,22)/t15-/m0/s1. The maximum Gasteiger partial charge on any atom is 0.229 e. The second-order valence-electron chi connectivity index (χ2n) is 6.42. The van der Waals surface area contributed by atoms with E-state index in [2.05, 4.69) is 24.4 Å². The number of amides is 2. The Bertz CT molecular complexity index is 582. The van der Waals surface area contributed by atoms with Gasteiger partial charge in [-0.15, -0.1) is 0 Å².